The van der Waals surface area contributed by atoms with Crippen LogP contribution in [0.25, 0.3) is 0 Å². The van der Waals surface area contributed by atoms with E-state index < -0.39 is 0 Å². The average molecular weight is 453 g/mol. The zero-order valence-corrected chi connectivity index (χ0v) is 17.5. The van der Waals surface area contributed by atoms with Crippen molar-refractivity contribution < 1.29 is 4.74 Å². The van der Waals surface area contributed by atoms with Crippen LogP contribution >= 0.6 is 24.0 Å². The van der Waals surface area contributed by atoms with Crippen LogP contribution < -0.4 is 10.6 Å². The maximum Gasteiger partial charge on any atom is 0.191 e. The summed E-state index contributed by atoms with van der Waals surface area (Å²) in [5.41, 5.74) is 3.59. The normalized spacial score (nSPS) is 11.1. The van der Waals surface area contributed by atoms with Gasteiger partial charge in [-0.2, -0.15) is 0 Å². The van der Waals surface area contributed by atoms with Gasteiger partial charge in [-0.25, -0.2) is 0 Å². The van der Waals surface area contributed by atoms with E-state index >= 15 is 0 Å². The third-order valence-electron chi connectivity index (χ3n) is 3.51. The summed E-state index contributed by atoms with van der Waals surface area (Å²) in [4.78, 5) is 4.20. The molecule has 0 aliphatic rings. The lowest BCUT2D eigenvalue weighted by atomic mass is 10.1. The molecule has 0 radical (unpaired) electrons. The number of rotatable bonds is 7. The molecular formula is C20H28IN3O. The Bertz CT molecular complexity index is 627. The minimum absolute atomic E-state index is 0. The molecule has 0 amide bonds. The minimum atomic E-state index is 0. The molecule has 0 aliphatic carbocycles. The molecule has 0 aromatic heterocycles. The molecule has 0 saturated carbocycles. The van der Waals surface area contributed by atoms with E-state index in [0.717, 1.165) is 12.5 Å². The zero-order chi connectivity index (χ0) is 17.2. The number of benzene rings is 2. The molecule has 2 rings (SSSR count). The van der Waals surface area contributed by atoms with Crippen LogP contribution in [0.1, 0.15) is 30.5 Å². The van der Waals surface area contributed by atoms with Gasteiger partial charge in [0, 0.05) is 19.6 Å². The molecule has 0 saturated heterocycles. The predicted octanol–water partition coefficient (Wildman–Crippen LogP) is 4.09. The number of ether oxygens (including phenoxy) is 1. The van der Waals surface area contributed by atoms with Gasteiger partial charge in [0.25, 0.3) is 0 Å². The van der Waals surface area contributed by atoms with Gasteiger partial charge < -0.3 is 15.4 Å². The van der Waals surface area contributed by atoms with Crippen molar-refractivity contribution in [3.8, 4) is 0 Å². The van der Waals surface area contributed by atoms with Gasteiger partial charge in [0.1, 0.15) is 0 Å². The van der Waals surface area contributed by atoms with Crippen molar-refractivity contribution in [1.29, 1.82) is 0 Å². The molecule has 5 heteroatoms. The fourth-order valence-electron chi connectivity index (χ4n) is 2.27. The fourth-order valence-corrected chi connectivity index (χ4v) is 2.27. The molecule has 0 unspecified atom stereocenters. The first-order chi connectivity index (χ1) is 11.7. The molecule has 2 N–H and O–H groups in total. The van der Waals surface area contributed by atoms with E-state index in [2.05, 4.69) is 65.9 Å². The zero-order valence-electron chi connectivity index (χ0n) is 15.2. The average Bonchev–Trinajstić information content (AvgIpc) is 2.60. The van der Waals surface area contributed by atoms with Crippen LogP contribution in [-0.2, 0) is 24.5 Å². The highest BCUT2D eigenvalue weighted by molar-refractivity contribution is 14.0. The fraction of sp³-hybridized carbons (Fsp3) is 0.350. The standard InChI is InChI=1S/C20H27N3O.HI/c1-16(2)23-20(21-3)22-13-17-9-11-19(12-10-17)15-24-14-18-7-5-4-6-8-18;/h4-12,16H,13-15H2,1-3H3,(H2,21,22,23);1H. The summed E-state index contributed by atoms with van der Waals surface area (Å²) < 4.78 is 5.76. The summed E-state index contributed by atoms with van der Waals surface area (Å²) in [5, 5.41) is 6.58. The van der Waals surface area contributed by atoms with Gasteiger partial charge in [-0.05, 0) is 30.5 Å². The first-order valence-electron chi connectivity index (χ1n) is 8.34. The van der Waals surface area contributed by atoms with E-state index in [1.54, 1.807) is 7.05 Å². The van der Waals surface area contributed by atoms with E-state index in [-0.39, 0.29) is 24.0 Å². The highest BCUT2D eigenvalue weighted by atomic mass is 127. The summed E-state index contributed by atoms with van der Waals surface area (Å²) in [5.74, 6) is 0.820. The van der Waals surface area contributed by atoms with E-state index in [9.17, 15) is 0 Å². The lowest BCUT2D eigenvalue weighted by Crippen LogP contribution is -2.40. The summed E-state index contributed by atoms with van der Waals surface area (Å²) >= 11 is 0. The SMILES string of the molecule is CN=C(NCc1ccc(COCc2ccccc2)cc1)NC(C)C.I. The lowest BCUT2D eigenvalue weighted by Gasteiger charge is -2.14. The van der Waals surface area contributed by atoms with Gasteiger partial charge in [0.2, 0.25) is 0 Å². The second-order valence-corrected chi connectivity index (χ2v) is 6.02. The molecule has 0 spiro atoms. The third-order valence-corrected chi connectivity index (χ3v) is 3.51. The van der Waals surface area contributed by atoms with Gasteiger partial charge in [-0.3, -0.25) is 4.99 Å². The van der Waals surface area contributed by atoms with Crippen molar-refractivity contribution >= 4 is 29.9 Å². The maximum atomic E-state index is 5.76. The molecule has 0 fully saturated rings. The molecule has 2 aromatic carbocycles. The molecular weight excluding hydrogens is 425 g/mol. The molecule has 25 heavy (non-hydrogen) atoms. The van der Waals surface area contributed by atoms with E-state index in [0.29, 0.717) is 19.3 Å². The van der Waals surface area contributed by atoms with Crippen molar-refractivity contribution in [2.24, 2.45) is 4.99 Å². The van der Waals surface area contributed by atoms with E-state index in [1.165, 1.54) is 16.7 Å². The van der Waals surface area contributed by atoms with Crippen LogP contribution in [0.5, 0.6) is 0 Å². The van der Waals surface area contributed by atoms with Crippen LogP contribution in [0, 0.1) is 0 Å². The second-order valence-electron chi connectivity index (χ2n) is 6.02. The van der Waals surface area contributed by atoms with Crippen molar-refractivity contribution in [3.63, 3.8) is 0 Å². The first kappa shape index (κ1) is 21.4. The van der Waals surface area contributed by atoms with Gasteiger partial charge in [-0.1, -0.05) is 54.6 Å². The lowest BCUT2D eigenvalue weighted by molar-refractivity contribution is 0.107. The quantitative estimate of drug-likeness (QED) is 0.377. The smallest absolute Gasteiger partial charge is 0.191 e. The maximum absolute atomic E-state index is 5.76. The molecule has 0 bridgehead atoms. The van der Waals surface area contributed by atoms with Gasteiger partial charge >= 0.3 is 0 Å². The number of guanidine groups is 1. The Kier molecular flexibility index (Phi) is 10.2. The van der Waals surface area contributed by atoms with Gasteiger partial charge in [0.05, 0.1) is 13.2 Å². The monoisotopic (exact) mass is 453 g/mol. The predicted molar refractivity (Wildman–Crippen MR) is 115 cm³/mol. The van der Waals surface area contributed by atoms with Crippen LogP contribution in [0.3, 0.4) is 0 Å². The third kappa shape index (κ3) is 8.36. The first-order valence-corrected chi connectivity index (χ1v) is 8.34. The second kappa shape index (κ2) is 11.9. The molecule has 136 valence electrons. The molecule has 2 aromatic rings. The Labute approximate surface area is 168 Å². The Morgan fingerprint density at radius 1 is 0.920 bits per heavy atom. The molecule has 0 aliphatic heterocycles. The van der Waals surface area contributed by atoms with Crippen LogP contribution in [0.15, 0.2) is 59.6 Å². The summed E-state index contributed by atoms with van der Waals surface area (Å²) in [7, 11) is 1.78. The van der Waals surface area contributed by atoms with Crippen molar-refractivity contribution in [1.82, 2.24) is 10.6 Å². The minimum Gasteiger partial charge on any atom is -0.372 e. The number of aliphatic imine (C=N–C) groups is 1. The Hall–Kier alpha value is -1.60. The van der Waals surface area contributed by atoms with Crippen molar-refractivity contribution in [2.75, 3.05) is 7.05 Å². The van der Waals surface area contributed by atoms with Crippen molar-refractivity contribution in [3.05, 3.63) is 71.3 Å². The number of nitrogens with one attached hydrogen (secondary N) is 2. The number of nitrogens with zero attached hydrogens (tertiary/aromatic N) is 1. The van der Waals surface area contributed by atoms with E-state index in [4.69, 9.17) is 4.74 Å². The number of hydrogen-bond donors (Lipinski definition) is 2. The van der Waals surface area contributed by atoms with Crippen LogP contribution in [-0.4, -0.2) is 19.0 Å². The molecule has 0 heterocycles. The summed E-state index contributed by atoms with van der Waals surface area (Å²) in [6.45, 7) is 6.20. The van der Waals surface area contributed by atoms with Crippen molar-refractivity contribution in [2.45, 2.75) is 39.6 Å². The van der Waals surface area contributed by atoms with Crippen LogP contribution in [0.4, 0.5) is 0 Å². The Balaban J connectivity index is 0.00000312. The summed E-state index contributed by atoms with van der Waals surface area (Å²) in [6.07, 6.45) is 0. The number of hydrogen-bond acceptors (Lipinski definition) is 2. The van der Waals surface area contributed by atoms with Gasteiger partial charge in [-0.15, -0.1) is 24.0 Å². The topological polar surface area (TPSA) is 45.7 Å². The van der Waals surface area contributed by atoms with E-state index in [1.807, 2.05) is 18.2 Å². The highest BCUT2D eigenvalue weighted by Gasteiger charge is 2.01. The van der Waals surface area contributed by atoms with Gasteiger partial charge in [0.15, 0.2) is 5.96 Å². The molecule has 4 nitrogen and oxygen atoms in total. The Morgan fingerprint density at radius 3 is 2.04 bits per heavy atom. The van der Waals surface area contributed by atoms with Crippen LogP contribution in [0.2, 0.25) is 0 Å². The largest absolute Gasteiger partial charge is 0.372 e. The number of halogens is 1. The summed E-state index contributed by atoms with van der Waals surface area (Å²) in [6, 6.07) is 19.1. The highest BCUT2D eigenvalue weighted by Crippen LogP contribution is 2.08. The Morgan fingerprint density at radius 2 is 1.48 bits per heavy atom. The molecule has 0 atom stereocenters.